The molecule has 0 amide bonds. The molecule has 1 aromatic heterocycles. The highest BCUT2D eigenvalue weighted by molar-refractivity contribution is 9.10. The molecule has 4 nitrogen and oxygen atoms in total. The molecule has 2 N–H and O–H groups in total. The molecular weight excluding hydrogens is 280 g/mol. The van der Waals surface area contributed by atoms with Crippen LogP contribution in [-0.2, 0) is 6.42 Å². The van der Waals surface area contributed by atoms with E-state index in [1.54, 1.807) is 6.20 Å². The summed E-state index contributed by atoms with van der Waals surface area (Å²) in [6, 6.07) is 7.97. The van der Waals surface area contributed by atoms with Gasteiger partial charge in [0.25, 0.3) is 0 Å². The van der Waals surface area contributed by atoms with Crippen molar-refractivity contribution in [1.29, 1.82) is 0 Å². The monoisotopic (exact) mass is 292 g/mol. The highest BCUT2D eigenvalue weighted by atomic mass is 79.9. The first-order chi connectivity index (χ1) is 8.15. The number of rotatable bonds is 3. The summed E-state index contributed by atoms with van der Waals surface area (Å²) in [6.45, 7) is 1.93. The SMILES string of the molecule is CC(N)Cc1nncc(-c2ccc(Br)cc2)n1. The van der Waals surface area contributed by atoms with Gasteiger partial charge in [0.2, 0.25) is 0 Å². The average Bonchev–Trinajstić information content (AvgIpc) is 2.29. The minimum absolute atomic E-state index is 0.0389. The van der Waals surface area contributed by atoms with Crippen LogP contribution in [0, 0.1) is 0 Å². The van der Waals surface area contributed by atoms with E-state index < -0.39 is 0 Å². The fourth-order valence-corrected chi connectivity index (χ4v) is 1.74. The fraction of sp³-hybridized carbons (Fsp3) is 0.250. The summed E-state index contributed by atoms with van der Waals surface area (Å²) in [5, 5.41) is 7.93. The lowest BCUT2D eigenvalue weighted by Crippen LogP contribution is -2.19. The Morgan fingerprint density at radius 2 is 2.00 bits per heavy atom. The summed E-state index contributed by atoms with van der Waals surface area (Å²) in [4.78, 5) is 4.44. The summed E-state index contributed by atoms with van der Waals surface area (Å²) < 4.78 is 1.04. The van der Waals surface area contributed by atoms with Gasteiger partial charge in [0.05, 0.1) is 11.9 Å². The Kier molecular flexibility index (Phi) is 3.81. The average molecular weight is 293 g/mol. The van der Waals surface area contributed by atoms with E-state index in [1.165, 1.54) is 0 Å². The molecule has 1 atom stereocenters. The van der Waals surface area contributed by atoms with E-state index in [-0.39, 0.29) is 6.04 Å². The molecule has 2 aromatic rings. The van der Waals surface area contributed by atoms with Gasteiger partial charge in [-0.25, -0.2) is 4.98 Å². The molecule has 0 saturated heterocycles. The molecule has 0 aliphatic rings. The van der Waals surface area contributed by atoms with Gasteiger partial charge in [0.1, 0.15) is 0 Å². The standard InChI is InChI=1S/C12H13BrN4/c1-8(14)6-12-16-11(7-15-17-12)9-2-4-10(13)5-3-9/h2-5,7-8H,6,14H2,1H3. The van der Waals surface area contributed by atoms with E-state index in [0.29, 0.717) is 12.2 Å². The van der Waals surface area contributed by atoms with Crippen molar-refractivity contribution in [3.05, 3.63) is 40.8 Å². The predicted molar refractivity (Wildman–Crippen MR) is 70.3 cm³/mol. The van der Waals surface area contributed by atoms with Crippen molar-refractivity contribution in [3.8, 4) is 11.3 Å². The zero-order chi connectivity index (χ0) is 12.3. The van der Waals surface area contributed by atoms with Crippen molar-refractivity contribution in [3.63, 3.8) is 0 Å². The van der Waals surface area contributed by atoms with Gasteiger partial charge in [-0.05, 0) is 19.1 Å². The molecule has 2 rings (SSSR count). The fourth-order valence-electron chi connectivity index (χ4n) is 1.47. The molecule has 1 heterocycles. The van der Waals surface area contributed by atoms with E-state index in [9.17, 15) is 0 Å². The molecule has 0 radical (unpaired) electrons. The van der Waals surface area contributed by atoms with E-state index in [0.717, 1.165) is 15.7 Å². The van der Waals surface area contributed by atoms with Gasteiger partial charge in [0.15, 0.2) is 5.82 Å². The first-order valence-corrected chi connectivity index (χ1v) is 6.14. The quantitative estimate of drug-likeness (QED) is 0.942. The van der Waals surface area contributed by atoms with Gasteiger partial charge in [-0.1, -0.05) is 28.1 Å². The van der Waals surface area contributed by atoms with Crippen LogP contribution < -0.4 is 5.73 Å². The van der Waals surface area contributed by atoms with Crippen LogP contribution >= 0.6 is 15.9 Å². The number of nitrogens with zero attached hydrogens (tertiary/aromatic N) is 3. The lowest BCUT2D eigenvalue weighted by atomic mass is 10.1. The third kappa shape index (κ3) is 3.31. The number of hydrogen-bond donors (Lipinski definition) is 1. The Hall–Kier alpha value is -1.33. The number of halogens is 1. The molecule has 0 aliphatic carbocycles. The molecule has 0 spiro atoms. The van der Waals surface area contributed by atoms with E-state index in [2.05, 4.69) is 31.1 Å². The number of aromatic nitrogens is 3. The van der Waals surface area contributed by atoms with Crippen molar-refractivity contribution < 1.29 is 0 Å². The summed E-state index contributed by atoms with van der Waals surface area (Å²) in [5.74, 6) is 0.681. The third-order valence-corrected chi connectivity index (χ3v) is 2.78. The Labute approximate surface area is 108 Å². The third-order valence-electron chi connectivity index (χ3n) is 2.25. The van der Waals surface area contributed by atoms with Crippen molar-refractivity contribution in [1.82, 2.24) is 15.2 Å². The lowest BCUT2D eigenvalue weighted by molar-refractivity contribution is 0.686. The zero-order valence-electron chi connectivity index (χ0n) is 9.47. The first-order valence-electron chi connectivity index (χ1n) is 5.35. The minimum atomic E-state index is 0.0389. The van der Waals surface area contributed by atoms with Crippen LogP contribution in [0.15, 0.2) is 34.9 Å². The smallest absolute Gasteiger partial charge is 0.153 e. The van der Waals surface area contributed by atoms with Crippen LogP contribution in [0.25, 0.3) is 11.3 Å². The molecule has 0 bridgehead atoms. The van der Waals surface area contributed by atoms with Gasteiger partial charge >= 0.3 is 0 Å². The largest absolute Gasteiger partial charge is 0.328 e. The predicted octanol–water partition coefficient (Wildman–Crippen LogP) is 2.19. The maximum absolute atomic E-state index is 5.72. The first kappa shape index (κ1) is 12.1. The van der Waals surface area contributed by atoms with Crippen LogP contribution in [0.1, 0.15) is 12.7 Å². The van der Waals surface area contributed by atoms with Crippen molar-refractivity contribution >= 4 is 15.9 Å². The Morgan fingerprint density at radius 3 is 2.65 bits per heavy atom. The van der Waals surface area contributed by atoms with Crippen molar-refractivity contribution in [2.24, 2.45) is 5.73 Å². The summed E-state index contributed by atoms with van der Waals surface area (Å²) in [7, 11) is 0. The Balaban J connectivity index is 2.29. The normalized spacial score (nSPS) is 12.4. The van der Waals surface area contributed by atoms with Gasteiger partial charge in [-0.15, -0.1) is 5.10 Å². The van der Waals surface area contributed by atoms with Crippen molar-refractivity contribution in [2.45, 2.75) is 19.4 Å². The van der Waals surface area contributed by atoms with Crippen molar-refractivity contribution in [2.75, 3.05) is 0 Å². The van der Waals surface area contributed by atoms with Gasteiger partial charge in [-0.2, -0.15) is 5.10 Å². The zero-order valence-corrected chi connectivity index (χ0v) is 11.1. The molecular formula is C12H13BrN4. The molecule has 1 unspecified atom stereocenters. The summed E-state index contributed by atoms with van der Waals surface area (Å²) >= 11 is 3.40. The molecule has 5 heteroatoms. The highest BCUT2D eigenvalue weighted by Gasteiger charge is 2.05. The molecule has 0 fully saturated rings. The second-order valence-corrected chi connectivity index (χ2v) is 4.86. The molecule has 0 saturated carbocycles. The summed E-state index contributed by atoms with van der Waals surface area (Å²) in [6.07, 6.45) is 2.30. The van der Waals surface area contributed by atoms with E-state index in [4.69, 9.17) is 5.73 Å². The molecule has 17 heavy (non-hydrogen) atoms. The minimum Gasteiger partial charge on any atom is -0.328 e. The van der Waals surface area contributed by atoms with E-state index in [1.807, 2.05) is 31.2 Å². The van der Waals surface area contributed by atoms with Crippen LogP contribution in [0.2, 0.25) is 0 Å². The van der Waals surface area contributed by atoms with Crippen LogP contribution in [0.4, 0.5) is 0 Å². The molecule has 0 aliphatic heterocycles. The van der Waals surface area contributed by atoms with Gasteiger partial charge in [0, 0.05) is 22.5 Å². The molecule has 88 valence electrons. The second kappa shape index (κ2) is 5.33. The van der Waals surface area contributed by atoms with E-state index >= 15 is 0 Å². The maximum Gasteiger partial charge on any atom is 0.153 e. The van der Waals surface area contributed by atoms with Gasteiger partial charge in [-0.3, -0.25) is 0 Å². The second-order valence-electron chi connectivity index (χ2n) is 3.95. The lowest BCUT2D eigenvalue weighted by Gasteiger charge is -2.05. The number of nitrogens with two attached hydrogens (primary N) is 1. The highest BCUT2D eigenvalue weighted by Crippen LogP contribution is 2.19. The van der Waals surface area contributed by atoms with Gasteiger partial charge < -0.3 is 5.73 Å². The van der Waals surface area contributed by atoms with Crippen LogP contribution in [0.5, 0.6) is 0 Å². The van der Waals surface area contributed by atoms with Crippen LogP contribution in [-0.4, -0.2) is 21.2 Å². The Bertz CT molecular complexity index is 496. The molecule has 1 aromatic carbocycles. The number of benzene rings is 1. The topological polar surface area (TPSA) is 64.7 Å². The van der Waals surface area contributed by atoms with Crippen LogP contribution in [0.3, 0.4) is 0 Å². The Morgan fingerprint density at radius 1 is 1.29 bits per heavy atom. The summed E-state index contributed by atoms with van der Waals surface area (Å²) in [5.41, 5.74) is 7.56. The number of hydrogen-bond acceptors (Lipinski definition) is 4. The maximum atomic E-state index is 5.72.